The molecule has 0 aliphatic heterocycles. The van der Waals surface area contributed by atoms with Crippen molar-refractivity contribution in [2.75, 3.05) is 13.6 Å². The lowest BCUT2D eigenvalue weighted by Gasteiger charge is -2.13. The molecule has 2 N–H and O–H groups in total. The van der Waals surface area contributed by atoms with Crippen LogP contribution >= 0.6 is 0 Å². The van der Waals surface area contributed by atoms with Crippen LogP contribution in [-0.4, -0.2) is 19.6 Å². The van der Waals surface area contributed by atoms with Crippen molar-refractivity contribution >= 4 is 5.96 Å². The van der Waals surface area contributed by atoms with Crippen LogP contribution in [0.5, 0.6) is 0 Å². The van der Waals surface area contributed by atoms with Crippen molar-refractivity contribution in [3.8, 4) is 0 Å². The Balaban J connectivity index is 2.56. The van der Waals surface area contributed by atoms with E-state index in [1.54, 1.807) is 13.1 Å². The molecule has 0 amide bonds. The van der Waals surface area contributed by atoms with Crippen LogP contribution in [0.2, 0.25) is 0 Å². The molecule has 0 atom stereocenters. The summed E-state index contributed by atoms with van der Waals surface area (Å²) in [5.74, 6) is 0.593. The molecule has 3 nitrogen and oxygen atoms in total. The fraction of sp³-hybridized carbons (Fsp3) is 0.500. The Labute approximate surface area is 117 Å². The van der Waals surface area contributed by atoms with Gasteiger partial charge in [0.15, 0.2) is 5.96 Å². The van der Waals surface area contributed by atoms with Gasteiger partial charge >= 0.3 is 6.18 Å². The van der Waals surface area contributed by atoms with Gasteiger partial charge in [0.2, 0.25) is 0 Å². The van der Waals surface area contributed by atoms with E-state index in [-0.39, 0.29) is 0 Å². The molecule has 0 heterocycles. The minimum Gasteiger partial charge on any atom is -0.356 e. The lowest BCUT2D eigenvalue weighted by molar-refractivity contribution is -0.137. The van der Waals surface area contributed by atoms with Gasteiger partial charge in [-0.2, -0.15) is 13.2 Å². The Morgan fingerprint density at radius 1 is 1.25 bits per heavy atom. The van der Waals surface area contributed by atoms with E-state index in [9.17, 15) is 13.2 Å². The maximum absolute atomic E-state index is 12.6. The molecule has 0 bridgehead atoms. The summed E-state index contributed by atoms with van der Waals surface area (Å²) in [5.41, 5.74) is -0.0657. The standard InChI is InChI=1S/C14H20F3N3/c1-3-4-8-19-13(18-2)20-10-11-6-5-7-12(9-11)14(15,16)17/h5-7,9H,3-4,8,10H2,1-2H3,(H2,18,19,20). The van der Waals surface area contributed by atoms with Crippen molar-refractivity contribution in [3.05, 3.63) is 35.4 Å². The van der Waals surface area contributed by atoms with Gasteiger partial charge in [-0.1, -0.05) is 25.5 Å². The SMILES string of the molecule is CCCCNC(=NC)NCc1cccc(C(F)(F)F)c1. The normalized spacial score (nSPS) is 12.3. The highest BCUT2D eigenvalue weighted by Gasteiger charge is 2.30. The van der Waals surface area contributed by atoms with Crippen molar-refractivity contribution in [1.29, 1.82) is 0 Å². The fourth-order valence-electron chi connectivity index (χ4n) is 1.65. The molecule has 6 heteroatoms. The predicted molar refractivity (Wildman–Crippen MR) is 74.6 cm³/mol. The Kier molecular flexibility index (Phi) is 6.35. The van der Waals surface area contributed by atoms with Crippen LogP contribution in [-0.2, 0) is 12.7 Å². The second kappa shape index (κ2) is 7.77. The molecule has 1 rings (SSSR count). The first-order chi connectivity index (χ1) is 9.47. The largest absolute Gasteiger partial charge is 0.416 e. The smallest absolute Gasteiger partial charge is 0.356 e. The van der Waals surface area contributed by atoms with Gasteiger partial charge in [-0.25, -0.2) is 0 Å². The number of benzene rings is 1. The average molecular weight is 287 g/mol. The average Bonchev–Trinajstić information content (AvgIpc) is 2.42. The van der Waals surface area contributed by atoms with E-state index in [0.29, 0.717) is 18.1 Å². The van der Waals surface area contributed by atoms with Crippen molar-refractivity contribution in [2.24, 2.45) is 4.99 Å². The van der Waals surface area contributed by atoms with Gasteiger partial charge in [0.05, 0.1) is 5.56 Å². The maximum atomic E-state index is 12.6. The summed E-state index contributed by atoms with van der Waals surface area (Å²) in [6, 6.07) is 5.28. The quantitative estimate of drug-likeness (QED) is 0.496. The topological polar surface area (TPSA) is 36.4 Å². The molecule has 0 spiro atoms. The molecule has 1 aromatic rings. The number of alkyl halides is 3. The molecule has 0 unspecified atom stereocenters. The van der Waals surface area contributed by atoms with Crippen molar-refractivity contribution in [2.45, 2.75) is 32.5 Å². The summed E-state index contributed by atoms with van der Waals surface area (Å²) in [6.07, 6.45) is -2.22. The molecule has 20 heavy (non-hydrogen) atoms. The Bertz CT molecular complexity index is 442. The minimum atomic E-state index is -4.31. The molecular weight excluding hydrogens is 267 g/mol. The summed E-state index contributed by atoms with van der Waals surface area (Å²) in [5, 5.41) is 6.10. The molecule has 1 aromatic carbocycles. The Morgan fingerprint density at radius 2 is 2.00 bits per heavy atom. The summed E-state index contributed by atoms with van der Waals surface area (Å²) in [7, 11) is 1.63. The third kappa shape index (κ3) is 5.50. The summed E-state index contributed by atoms with van der Waals surface area (Å²) in [6.45, 7) is 3.18. The molecule has 0 radical (unpaired) electrons. The number of guanidine groups is 1. The van der Waals surface area contributed by atoms with E-state index in [2.05, 4.69) is 22.5 Å². The van der Waals surface area contributed by atoms with Crippen LogP contribution in [0.25, 0.3) is 0 Å². The van der Waals surface area contributed by atoms with Crippen LogP contribution in [0.3, 0.4) is 0 Å². The number of unbranched alkanes of at least 4 members (excludes halogenated alkanes) is 1. The number of hydrogen-bond acceptors (Lipinski definition) is 1. The van der Waals surface area contributed by atoms with Gasteiger partial charge in [-0.3, -0.25) is 4.99 Å². The van der Waals surface area contributed by atoms with Gasteiger partial charge in [0, 0.05) is 20.1 Å². The zero-order chi connectivity index (χ0) is 15.0. The molecular formula is C14H20F3N3. The van der Waals surface area contributed by atoms with E-state index < -0.39 is 11.7 Å². The number of aliphatic imine (C=N–C) groups is 1. The summed E-state index contributed by atoms with van der Waals surface area (Å²) < 4.78 is 37.7. The van der Waals surface area contributed by atoms with Gasteiger partial charge in [0.25, 0.3) is 0 Å². The maximum Gasteiger partial charge on any atom is 0.416 e. The van der Waals surface area contributed by atoms with Crippen LogP contribution in [0.15, 0.2) is 29.3 Å². The van der Waals surface area contributed by atoms with Gasteiger partial charge in [-0.15, -0.1) is 0 Å². The second-order valence-corrected chi connectivity index (χ2v) is 4.40. The lowest BCUT2D eigenvalue weighted by Crippen LogP contribution is -2.37. The van der Waals surface area contributed by atoms with Crippen LogP contribution in [0, 0.1) is 0 Å². The number of nitrogens with one attached hydrogen (secondary N) is 2. The number of nitrogens with zero attached hydrogens (tertiary/aromatic N) is 1. The summed E-state index contributed by atoms with van der Waals surface area (Å²) in [4.78, 5) is 4.02. The third-order valence-electron chi connectivity index (χ3n) is 2.76. The van der Waals surface area contributed by atoms with E-state index in [1.165, 1.54) is 6.07 Å². The number of halogens is 3. The van der Waals surface area contributed by atoms with Crippen LogP contribution in [0.1, 0.15) is 30.9 Å². The van der Waals surface area contributed by atoms with Crippen molar-refractivity contribution in [1.82, 2.24) is 10.6 Å². The number of hydrogen-bond donors (Lipinski definition) is 2. The summed E-state index contributed by atoms with van der Waals surface area (Å²) >= 11 is 0. The highest BCUT2D eigenvalue weighted by atomic mass is 19.4. The van der Waals surface area contributed by atoms with Crippen molar-refractivity contribution in [3.63, 3.8) is 0 Å². The predicted octanol–water partition coefficient (Wildman–Crippen LogP) is 3.17. The first kappa shape index (κ1) is 16.3. The van der Waals surface area contributed by atoms with Gasteiger partial charge in [-0.05, 0) is 24.1 Å². The highest BCUT2D eigenvalue weighted by molar-refractivity contribution is 5.79. The van der Waals surface area contributed by atoms with E-state index >= 15 is 0 Å². The molecule has 0 saturated heterocycles. The minimum absolute atomic E-state index is 0.301. The molecule has 0 aliphatic carbocycles. The van der Waals surface area contributed by atoms with Crippen molar-refractivity contribution < 1.29 is 13.2 Å². The number of rotatable bonds is 5. The van der Waals surface area contributed by atoms with E-state index in [0.717, 1.165) is 31.5 Å². The monoisotopic (exact) mass is 287 g/mol. The molecule has 0 saturated carbocycles. The fourth-order valence-corrected chi connectivity index (χ4v) is 1.65. The zero-order valence-corrected chi connectivity index (χ0v) is 11.7. The molecule has 0 fully saturated rings. The molecule has 0 aliphatic rings. The first-order valence-corrected chi connectivity index (χ1v) is 6.58. The van der Waals surface area contributed by atoms with Gasteiger partial charge < -0.3 is 10.6 Å². The Morgan fingerprint density at radius 3 is 2.60 bits per heavy atom. The second-order valence-electron chi connectivity index (χ2n) is 4.40. The van der Waals surface area contributed by atoms with Crippen LogP contribution in [0.4, 0.5) is 13.2 Å². The lowest BCUT2D eigenvalue weighted by atomic mass is 10.1. The third-order valence-corrected chi connectivity index (χ3v) is 2.76. The Hall–Kier alpha value is -1.72. The van der Waals surface area contributed by atoms with Gasteiger partial charge in [0.1, 0.15) is 0 Å². The molecule has 0 aromatic heterocycles. The van der Waals surface area contributed by atoms with Crippen LogP contribution < -0.4 is 10.6 Å². The highest BCUT2D eigenvalue weighted by Crippen LogP contribution is 2.29. The van der Waals surface area contributed by atoms with E-state index in [1.807, 2.05) is 0 Å². The zero-order valence-electron chi connectivity index (χ0n) is 11.7. The van der Waals surface area contributed by atoms with E-state index in [4.69, 9.17) is 0 Å². The molecule has 112 valence electrons. The first-order valence-electron chi connectivity index (χ1n) is 6.58.